The van der Waals surface area contributed by atoms with Crippen molar-refractivity contribution in [2.24, 2.45) is 5.92 Å². The van der Waals surface area contributed by atoms with Crippen molar-refractivity contribution in [2.75, 3.05) is 20.1 Å². The van der Waals surface area contributed by atoms with Gasteiger partial charge in [0, 0.05) is 30.4 Å². The van der Waals surface area contributed by atoms with Crippen LogP contribution in [-0.4, -0.2) is 53.0 Å². The number of carbonyl (C=O) groups is 2. The number of hydrogen-bond acceptors (Lipinski definition) is 3. The molecule has 3 rings (SSSR count). The first kappa shape index (κ1) is 17.5. The van der Waals surface area contributed by atoms with Crippen LogP contribution >= 0.6 is 0 Å². The van der Waals surface area contributed by atoms with Gasteiger partial charge in [-0.1, -0.05) is 31.0 Å². The van der Waals surface area contributed by atoms with Crippen LogP contribution in [-0.2, 0) is 4.79 Å². The molecule has 0 radical (unpaired) electrons. The number of nitrogens with one attached hydrogen (secondary N) is 2. The molecular formula is C19H25N3O3. The highest BCUT2D eigenvalue weighted by molar-refractivity contribution is 5.99. The van der Waals surface area contributed by atoms with Gasteiger partial charge in [-0.25, -0.2) is 0 Å². The summed E-state index contributed by atoms with van der Waals surface area (Å²) in [6, 6.07) is 9.42. The van der Waals surface area contributed by atoms with Gasteiger partial charge >= 0.3 is 0 Å². The van der Waals surface area contributed by atoms with E-state index in [2.05, 4.69) is 10.3 Å². The van der Waals surface area contributed by atoms with Crippen molar-refractivity contribution >= 4 is 22.7 Å². The summed E-state index contributed by atoms with van der Waals surface area (Å²) in [5.74, 6) is -0.315. The van der Waals surface area contributed by atoms with E-state index >= 15 is 0 Å². The molecule has 1 heterocycles. The molecule has 1 aliphatic carbocycles. The van der Waals surface area contributed by atoms with Gasteiger partial charge in [0.1, 0.15) is 5.69 Å². The first-order chi connectivity index (χ1) is 12.0. The number of aromatic nitrogens is 1. The van der Waals surface area contributed by atoms with Gasteiger partial charge in [-0.2, -0.15) is 0 Å². The highest BCUT2D eigenvalue weighted by Gasteiger charge is 2.25. The lowest BCUT2D eigenvalue weighted by Gasteiger charge is -2.31. The minimum absolute atomic E-state index is 0.0481. The second-order valence-corrected chi connectivity index (χ2v) is 6.84. The number of hydrogen-bond donors (Lipinski definition) is 3. The molecule has 0 saturated heterocycles. The number of aromatic amines is 1. The fourth-order valence-electron chi connectivity index (χ4n) is 3.44. The second kappa shape index (κ2) is 7.70. The van der Waals surface area contributed by atoms with Gasteiger partial charge in [-0.3, -0.25) is 9.59 Å². The quantitative estimate of drug-likeness (QED) is 0.775. The number of nitrogens with zero attached hydrogens (tertiary/aromatic N) is 1. The molecule has 1 fully saturated rings. The zero-order valence-electron chi connectivity index (χ0n) is 14.5. The summed E-state index contributed by atoms with van der Waals surface area (Å²) >= 11 is 0. The molecule has 0 aliphatic heterocycles. The first-order valence-corrected chi connectivity index (χ1v) is 8.82. The van der Waals surface area contributed by atoms with E-state index in [0.29, 0.717) is 12.2 Å². The third kappa shape index (κ3) is 4.20. The normalized spacial score (nSPS) is 20.4. The van der Waals surface area contributed by atoms with E-state index < -0.39 is 0 Å². The van der Waals surface area contributed by atoms with Crippen molar-refractivity contribution in [1.82, 2.24) is 15.2 Å². The molecule has 2 aromatic rings. The van der Waals surface area contributed by atoms with Crippen LogP contribution < -0.4 is 5.32 Å². The number of aliphatic hydroxyl groups is 1. The molecule has 6 nitrogen and oxygen atoms in total. The minimum atomic E-state index is -0.329. The van der Waals surface area contributed by atoms with Crippen LogP contribution in [0.15, 0.2) is 30.3 Å². The van der Waals surface area contributed by atoms with Crippen LogP contribution in [0.5, 0.6) is 0 Å². The summed E-state index contributed by atoms with van der Waals surface area (Å²) in [6.07, 6.45) is 3.57. The largest absolute Gasteiger partial charge is 0.393 e. The lowest BCUT2D eigenvalue weighted by molar-refractivity contribution is -0.130. The SMILES string of the molecule is CN(CC1CCCCC1O)C(=O)CNC(=O)c1cc2ccccc2[nH]1. The Kier molecular flexibility index (Phi) is 5.38. The zero-order valence-corrected chi connectivity index (χ0v) is 14.5. The van der Waals surface area contributed by atoms with Gasteiger partial charge in [0.25, 0.3) is 5.91 Å². The van der Waals surface area contributed by atoms with Crippen molar-refractivity contribution in [2.45, 2.75) is 31.8 Å². The van der Waals surface area contributed by atoms with E-state index in [4.69, 9.17) is 0 Å². The Morgan fingerprint density at radius 1 is 1.28 bits per heavy atom. The monoisotopic (exact) mass is 343 g/mol. The number of fused-ring (bicyclic) bond motifs is 1. The lowest BCUT2D eigenvalue weighted by atomic mass is 9.86. The highest BCUT2D eigenvalue weighted by Crippen LogP contribution is 2.24. The number of rotatable bonds is 5. The third-order valence-electron chi connectivity index (χ3n) is 4.98. The fraction of sp³-hybridized carbons (Fsp3) is 0.474. The van der Waals surface area contributed by atoms with Crippen LogP contribution in [0, 0.1) is 5.92 Å². The summed E-state index contributed by atoms with van der Waals surface area (Å²) in [4.78, 5) is 29.1. The Labute approximate surface area is 147 Å². The molecule has 0 spiro atoms. The fourth-order valence-corrected chi connectivity index (χ4v) is 3.44. The summed E-state index contributed by atoms with van der Waals surface area (Å²) in [7, 11) is 1.72. The molecule has 3 N–H and O–H groups in total. The predicted octanol–water partition coefficient (Wildman–Crippen LogP) is 1.91. The van der Waals surface area contributed by atoms with E-state index in [1.54, 1.807) is 18.0 Å². The first-order valence-electron chi connectivity index (χ1n) is 8.82. The van der Waals surface area contributed by atoms with Gasteiger partial charge in [0.15, 0.2) is 0 Å². The Morgan fingerprint density at radius 2 is 2.04 bits per heavy atom. The van der Waals surface area contributed by atoms with E-state index in [9.17, 15) is 14.7 Å². The average Bonchev–Trinajstić information content (AvgIpc) is 3.05. The standard InChI is InChI=1S/C19H25N3O3/c1-22(12-14-7-3-5-9-17(14)23)18(24)11-20-19(25)16-10-13-6-2-4-8-15(13)21-16/h2,4,6,8,10,14,17,21,23H,3,5,7,9,11-12H2,1H3,(H,20,25). The maximum Gasteiger partial charge on any atom is 0.268 e. The Hall–Kier alpha value is -2.34. The molecule has 2 amide bonds. The smallest absolute Gasteiger partial charge is 0.268 e. The molecule has 0 bridgehead atoms. The van der Waals surface area contributed by atoms with Crippen LogP contribution in [0.4, 0.5) is 0 Å². The number of likely N-dealkylation sites (N-methyl/N-ethyl adjacent to an activating group) is 1. The van der Waals surface area contributed by atoms with Crippen molar-refractivity contribution in [3.05, 3.63) is 36.0 Å². The molecular weight excluding hydrogens is 318 g/mol. The van der Waals surface area contributed by atoms with Crippen molar-refractivity contribution in [3.63, 3.8) is 0 Å². The zero-order chi connectivity index (χ0) is 17.8. The average molecular weight is 343 g/mol. The second-order valence-electron chi connectivity index (χ2n) is 6.84. The van der Waals surface area contributed by atoms with E-state index in [-0.39, 0.29) is 30.4 Å². The van der Waals surface area contributed by atoms with Gasteiger partial charge < -0.3 is 20.3 Å². The third-order valence-corrected chi connectivity index (χ3v) is 4.98. The molecule has 6 heteroatoms. The molecule has 2 atom stereocenters. The van der Waals surface area contributed by atoms with Crippen LogP contribution in [0.2, 0.25) is 0 Å². The van der Waals surface area contributed by atoms with Gasteiger partial charge in [-0.15, -0.1) is 0 Å². The molecule has 1 aliphatic rings. The maximum absolute atomic E-state index is 12.3. The van der Waals surface area contributed by atoms with Gasteiger partial charge in [-0.05, 0) is 25.0 Å². The number of amides is 2. The summed E-state index contributed by atoms with van der Waals surface area (Å²) in [5, 5.41) is 13.6. The number of carbonyl (C=O) groups excluding carboxylic acids is 2. The number of H-pyrrole nitrogens is 1. The highest BCUT2D eigenvalue weighted by atomic mass is 16.3. The number of benzene rings is 1. The molecule has 134 valence electrons. The van der Waals surface area contributed by atoms with Crippen molar-refractivity contribution in [3.8, 4) is 0 Å². The minimum Gasteiger partial charge on any atom is -0.393 e. The number of para-hydroxylation sites is 1. The Balaban J connectivity index is 1.51. The summed E-state index contributed by atoms with van der Waals surface area (Å²) in [5.41, 5.74) is 1.33. The van der Waals surface area contributed by atoms with Crippen LogP contribution in [0.1, 0.15) is 36.2 Å². The van der Waals surface area contributed by atoms with E-state index in [0.717, 1.165) is 36.6 Å². The van der Waals surface area contributed by atoms with E-state index in [1.807, 2.05) is 24.3 Å². The maximum atomic E-state index is 12.3. The van der Waals surface area contributed by atoms with Crippen LogP contribution in [0.3, 0.4) is 0 Å². The van der Waals surface area contributed by atoms with Gasteiger partial charge in [0.2, 0.25) is 5.91 Å². The van der Waals surface area contributed by atoms with Gasteiger partial charge in [0.05, 0.1) is 12.6 Å². The van der Waals surface area contributed by atoms with Crippen LogP contribution in [0.25, 0.3) is 10.9 Å². The summed E-state index contributed by atoms with van der Waals surface area (Å²) in [6.45, 7) is 0.482. The number of aliphatic hydroxyl groups excluding tert-OH is 1. The topological polar surface area (TPSA) is 85.4 Å². The van der Waals surface area contributed by atoms with Crippen molar-refractivity contribution in [1.29, 1.82) is 0 Å². The Morgan fingerprint density at radius 3 is 2.80 bits per heavy atom. The Bertz CT molecular complexity index is 722. The molecule has 1 saturated carbocycles. The molecule has 1 aromatic heterocycles. The molecule has 1 aromatic carbocycles. The van der Waals surface area contributed by atoms with Crippen molar-refractivity contribution < 1.29 is 14.7 Å². The molecule has 2 unspecified atom stereocenters. The lowest BCUT2D eigenvalue weighted by Crippen LogP contribution is -2.42. The van der Waals surface area contributed by atoms with E-state index in [1.165, 1.54) is 0 Å². The summed E-state index contributed by atoms with van der Waals surface area (Å²) < 4.78 is 0. The molecule has 25 heavy (non-hydrogen) atoms. The predicted molar refractivity (Wildman–Crippen MR) is 96.2 cm³/mol.